The number of thioether (sulfide) groups is 1. The van der Waals surface area contributed by atoms with Gasteiger partial charge in [-0.3, -0.25) is 4.79 Å². The van der Waals surface area contributed by atoms with E-state index in [1.165, 1.54) is 18.9 Å². The number of anilines is 1. The Balaban J connectivity index is 1.61. The molecule has 0 saturated carbocycles. The fourth-order valence-corrected chi connectivity index (χ4v) is 4.01. The molecular formula is C21H22Cl2N4O4S. The summed E-state index contributed by atoms with van der Waals surface area (Å²) in [4.78, 5) is 12.4. The topological polar surface area (TPSA) is 87.5 Å². The van der Waals surface area contributed by atoms with Crippen molar-refractivity contribution >= 4 is 46.6 Å². The second-order valence-corrected chi connectivity index (χ2v) is 8.42. The van der Waals surface area contributed by atoms with Crippen molar-refractivity contribution < 1.29 is 19.0 Å². The number of hydrogen-bond acceptors (Lipinski definition) is 7. The van der Waals surface area contributed by atoms with Gasteiger partial charge >= 0.3 is 0 Å². The van der Waals surface area contributed by atoms with Crippen LogP contribution in [0.3, 0.4) is 0 Å². The second-order valence-electron chi connectivity index (χ2n) is 6.64. The molecule has 0 aliphatic rings. The third-order valence-corrected chi connectivity index (χ3v) is 6.00. The fourth-order valence-electron chi connectivity index (χ4n) is 2.84. The van der Waals surface area contributed by atoms with Crippen LogP contribution in [-0.2, 0) is 11.8 Å². The molecule has 0 fully saturated rings. The van der Waals surface area contributed by atoms with Gasteiger partial charge in [0.05, 0.1) is 30.7 Å². The number of nitrogens with one attached hydrogen (secondary N) is 1. The van der Waals surface area contributed by atoms with Crippen LogP contribution in [0.25, 0.3) is 0 Å². The van der Waals surface area contributed by atoms with Crippen molar-refractivity contribution in [1.82, 2.24) is 14.8 Å². The Hall–Kier alpha value is -2.62. The van der Waals surface area contributed by atoms with Crippen LogP contribution in [0.5, 0.6) is 17.2 Å². The summed E-state index contributed by atoms with van der Waals surface area (Å²) in [6.45, 7) is 1.84. The number of hydrogen-bond donors (Lipinski definition) is 1. The van der Waals surface area contributed by atoms with Crippen LogP contribution in [0.1, 0.15) is 18.9 Å². The molecule has 3 rings (SSSR count). The van der Waals surface area contributed by atoms with Crippen molar-refractivity contribution in [3.8, 4) is 17.2 Å². The van der Waals surface area contributed by atoms with Crippen LogP contribution >= 0.6 is 35.0 Å². The number of ether oxygens (including phenoxy) is 3. The van der Waals surface area contributed by atoms with Gasteiger partial charge in [0.2, 0.25) is 5.91 Å². The van der Waals surface area contributed by atoms with Crippen molar-refractivity contribution in [2.75, 3.05) is 25.3 Å². The predicted octanol–water partition coefficient (Wildman–Crippen LogP) is 5.01. The van der Waals surface area contributed by atoms with Gasteiger partial charge in [0.1, 0.15) is 17.2 Å². The lowest BCUT2D eigenvalue weighted by molar-refractivity contribution is -0.113. The molecule has 1 amide bonds. The van der Waals surface area contributed by atoms with Crippen LogP contribution in [0.2, 0.25) is 10.0 Å². The Bertz CT molecular complexity index is 1110. The number of carbonyl (C=O) groups is 1. The lowest BCUT2D eigenvalue weighted by Crippen LogP contribution is -2.15. The lowest BCUT2D eigenvalue weighted by atomic mass is 10.2. The molecule has 0 spiro atoms. The average molecular weight is 497 g/mol. The Kier molecular flexibility index (Phi) is 8.11. The zero-order valence-corrected chi connectivity index (χ0v) is 20.2. The summed E-state index contributed by atoms with van der Waals surface area (Å²) in [7, 11) is 4.90. The zero-order valence-electron chi connectivity index (χ0n) is 17.9. The number of halogens is 2. The molecule has 0 aliphatic heterocycles. The van der Waals surface area contributed by atoms with E-state index in [-0.39, 0.29) is 11.7 Å². The molecule has 1 heterocycles. The van der Waals surface area contributed by atoms with E-state index in [0.29, 0.717) is 44.0 Å². The fraction of sp³-hybridized carbons (Fsp3) is 0.286. The maximum atomic E-state index is 12.4. The summed E-state index contributed by atoms with van der Waals surface area (Å²) in [5.74, 6) is 2.16. The number of nitrogens with zero attached hydrogens (tertiary/aromatic N) is 3. The quantitative estimate of drug-likeness (QED) is 0.416. The first-order valence-electron chi connectivity index (χ1n) is 9.48. The third kappa shape index (κ3) is 5.79. The molecule has 0 saturated heterocycles. The number of amides is 1. The van der Waals surface area contributed by atoms with Crippen LogP contribution < -0.4 is 19.5 Å². The van der Waals surface area contributed by atoms with Crippen LogP contribution in [-0.4, -0.2) is 40.6 Å². The van der Waals surface area contributed by atoms with Gasteiger partial charge in [-0.05, 0) is 37.3 Å². The molecule has 1 atom stereocenters. The molecule has 1 N–H and O–H groups in total. The van der Waals surface area contributed by atoms with Gasteiger partial charge in [-0.25, -0.2) is 0 Å². The number of methoxy groups -OCH3 is 2. The Morgan fingerprint density at radius 3 is 2.59 bits per heavy atom. The highest BCUT2D eigenvalue weighted by atomic mass is 35.5. The zero-order chi connectivity index (χ0) is 23.3. The Morgan fingerprint density at radius 1 is 1.12 bits per heavy atom. The molecule has 1 unspecified atom stereocenters. The van der Waals surface area contributed by atoms with Gasteiger partial charge in [0.25, 0.3) is 0 Å². The van der Waals surface area contributed by atoms with Gasteiger partial charge in [-0.15, -0.1) is 10.2 Å². The van der Waals surface area contributed by atoms with Crippen LogP contribution in [0.15, 0.2) is 41.6 Å². The van der Waals surface area contributed by atoms with Crippen LogP contribution in [0.4, 0.5) is 5.69 Å². The van der Waals surface area contributed by atoms with E-state index in [4.69, 9.17) is 37.4 Å². The normalized spacial score (nSPS) is 11.7. The van der Waals surface area contributed by atoms with Gasteiger partial charge in [-0.2, -0.15) is 0 Å². The van der Waals surface area contributed by atoms with Crippen LogP contribution in [0, 0.1) is 0 Å². The van der Waals surface area contributed by atoms with E-state index in [1.807, 2.05) is 14.0 Å². The predicted molar refractivity (Wildman–Crippen MR) is 125 cm³/mol. The first-order valence-corrected chi connectivity index (χ1v) is 11.2. The highest BCUT2D eigenvalue weighted by molar-refractivity contribution is 7.99. The van der Waals surface area contributed by atoms with Crippen molar-refractivity contribution in [2.45, 2.75) is 18.2 Å². The first-order chi connectivity index (χ1) is 15.3. The molecule has 170 valence electrons. The Labute approximate surface area is 200 Å². The Morgan fingerprint density at radius 2 is 1.91 bits per heavy atom. The smallest absolute Gasteiger partial charge is 0.234 e. The minimum atomic E-state index is -0.419. The summed E-state index contributed by atoms with van der Waals surface area (Å²) < 4.78 is 18.2. The van der Waals surface area contributed by atoms with E-state index in [1.54, 1.807) is 48.1 Å². The van der Waals surface area contributed by atoms with Crippen molar-refractivity contribution in [3.05, 3.63) is 52.3 Å². The highest BCUT2D eigenvalue weighted by Crippen LogP contribution is 2.32. The molecule has 32 heavy (non-hydrogen) atoms. The van der Waals surface area contributed by atoms with Crippen molar-refractivity contribution in [3.63, 3.8) is 0 Å². The largest absolute Gasteiger partial charge is 0.497 e. The minimum absolute atomic E-state index is 0.138. The van der Waals surface area contributed by atoms with E-state index < -0.39 is 6.10 Å². The second kappa shape index (κ2) is 10.8. The molecule has 3 aromatic rings. The average Bonchev–Trinajstić information content (AvgIpc) is 3.14. The number of rotatable bonds is 9. The van der Waals surface area contributed by atoms with E-state index in [9.17, 15) is 4.79 Å². The minimum Gasteiger partial charge on any atom is -0.497 e. The molecule has 8 nitrogen and oxygen atoms in total. The molecule has 1 aromatic heterocycles. The van der Waals surface area contributed by atoms with E-state index >= 15 is 0 Å². The highest BCUT2D eigenvalue weighted by Gasteiger charge is 2.19. The van der Waals surface area contributed by atoms with Crippen molar-refractivity contribution in [2.24, 2.45) is 7.05 Å². The molecule has 0 radical (unpaired) electrons. The maximum absolute atomic E-state index is 12.4. The lowest BCUT2D eigenvalue weighted by Gasteiger charge is -2.15. The first kappa shape index (κ1) is 24.0. The summed E-state index contributed by atoms with van der Waals surface area (Å²) >= 11 is 13.4. The molecule has 0 aliphatic carbocycles. The number of benzene rings is 2. The molecular weight excluding hydrogens is 475 g/mol. The van der Waals surface area contributed by atoms with Gasteiger partial charge in [0.15, 0.2) is 17.1 Å². The SMILES string of the molecule is COc1ccc(NC(=O)CSc2nnc(C(C)Oc3ccc(Cl)cc3Cl)n2C)c(OC)c1. The monoisotopic (exact) mass is 496 g/mol. The summed E-state index contributed by atoms with van der Waals surface area (Å²) in [5.41, 5.74) is 0.555. The summed E-state index contributed by atoms with van der Waals surface area (Å²) in [6, 6.07) is 10.2. The maximum Gasteiger partial charge on any atom is 0.234 e. The van der Waals surface area contributed by atoms with Gasteiger partial charge in [0, 0.05) is 18.1 Å². The standard InChI is InChI=1S/C21H22Cl2N4O4S/c1-12(31-17-8-5-13(22)9-15(17)23)20-25-26-21(27(20)2)32-11-19(28)24-16-7-6-14(29-3)10-18(16)30-4/h5-10,12H,11H2,1-4H3,(H,24,28). The van der Waals surface area contributed by atoms with E-state index in [0.717, 1.165) is 0 Å². The summed E-state index contributed by atoms with van der Waals surface area (Å²) in [5, 5.41) is 12.7. The number of carbonyl (C=O) groups excluding carboxylic acids is 1. The van der Waals surface area contributed by atoms with Gasteiger partial charge < -0.3 is 24.1 Å². The summed E-state index contributed by atoms with van der Waals surface area (Å²) in [6.07, 6.45) is -0.419. The number of aromatic nitrogens is 3. The molecule has 11 heteroatoms. The van der Waals surface area contributed by atoms with Gasteiger partial charge in [-0.1, -0.05) is 35.0 Å². The third-order valence-electron chi connectivity index (χ3n) is 4.45. The molecule has 0 bridgehead atoms. The molecule has 2 aromatic carbocycles. The van der Waals surface area contributed by atoms with E-state index in [2.05, 4.69) is 15.5 Å². The van der Waals surface area contributed by atoms with Crippen molar-refractivity contribution in [1.29, 1.82) is 0 Å².